The van der Waals surface area contributed by atoms with Crippen LogP contribution in [-0.2, 0) is 4.79 Å². The second kappa shape index (κ2) is 1.77. The molecule has 0 bridgehead atoms. The molecule has 0 radical (unpaired) electrons. The summed E-state index contributed by atoms with van der Waals surface area (Å²) in [6.07, 6.45) is 0.979. The van der Waals surface area contributed by atoms with E-state index in [0.29, 0.717) is 12.0 Å². The molecule has 0 aliphatic carbocycles. The SMILES string of the molecule is CCC1C(=O)N[C@H]1C. The van der Waals surface area contributed by atoms with Gasteiger partial charge in [-0.2, -0.15) is 0 Å². The summed E-state index contributed by atoms with van der Waals surface area (Å²) in [4.78, 5) is 10.6. The van der Waals surface area contributed by atoms with E-state index in [1.807, 2.05) is 13.8 Å². The molecule has 2 atom stereocenters. The third-order valence-electron chi connectivity index (χ3n) is 1.75. The molecule has 1 N–H and O–H groups in total. The fourth-order valence-electron chi connectivity index (χ4n) is 1.10. The van der Waals surface area contributed by atoms with Gasteiger partial charge in [0, 0.05) is 6.04 Å². The Labute approximate surface area is 49.3 Å². The van der Waals surface area contributed by atoms with Crippen molar-refractivity contribution in [1.29, 1.82) is 0 Å². The number of nitrogens with one attached hydrogen (secondary N) is 1. The third kappa shape index (κ3) is 0.602. The van der Waals surface area contributed by atoms with Crippen molar-refractivity contribution < 1.29 is 4.79 Å². The van der Waals surface area contributed by atoms with Gasteiger partial charge in [0.25, 0.3) is 0 Å². The molecule has 1 unspecified atom stereocenters. The molecular weight excluding hydrogens is 102 g/mol. The normalized spacial score (nSPS) is 36.0. The fourth-order valence-corrected chi connectivity index (χ4v) is 1.10. The average Bonchev–Trinajstić information content (AvgIpc) is 1.67. The summed E-state index contributed by atoms with van der Waals surface area (Å²) in [7, 11) is 0. The minimum Gasteiger partial charge on any atom is -0.353 e. The molecular formula is C6H11NO. The lowest BCUT2D eigenvalue weighted by Gasteiger charge is -2.33. The van der Waals surface area contributed by atoms with Crippen LogP contribution < -0.4 is 5.32 Å². The smallest absolute Gasteiger partial charge is 0.225 e. The van der Waals surface area contributed by atoms with E-state index in [2.05, 4.69) is 5.32 Å². The number of hydrogen-bond acceptors (Lipinski definition) is 1. The van der Waals surface area contributed by atoms with E-state index in [1.54, 1.807) is 0 Å². The van der Waals surface area contributed by atoms with Crippen molar-refractivity contribution in [3.8, 4) is 0 Å². The molecule has 1 saturated heterocycles. The molecule has 1 aliphatic heterocycles. The van der Waals surface area contributed by atoms with Gasteiger partial charge in [0.15, 0.2) is 0 Å². The summed E-state index contributed by atoms with van der Waals surface area (Å²) in [5, 5.41) is 2.77. The largest absolute Gasteiger partial charge is 0.353 e. The molecule has 1 amide bonds. The standard InChI is InChI=1S/C6H11NO/c1-3-5-4(2)7-6(5)8/h4-5H,3H2,1-2H3,(H,7,8)/t4-,5?/m0/s1. The highest BCUT2D eigenvalue weighted by Crippen LogP contribution is 2.16. The Morgan fingerprint density at radius 1 is 1.75 bits per heavy atom. The maximum absolute atomic E-state index is 10.6. The van der Waals surface area contributed by atoms with E-state index in [9.17, 15) is 4.79 Å². The van der Waals surface area contributed by atoms with Crippen molar-refractivity contribution in [3.63, 3.8) is 0 Å². The Balaban J connectivity index is 2.40. The van der Waals surface area contributed by atoms with Crippen LogP contribution in [0.15, 0.2) is 0 Å². The predicted molar refractivity (Wildman–Crippen MR) is 31.4 cm³/mol. The Morgan fingerprint density at radius 2 is 2.38 bits per heavy atom. The summed E-state index contributed by atoms with van der Waals surface area (Å²) in [6.45, 7) is 4.08. The van der Waals surface area contributed by atoms with Crippen LogP contribution in [-0.4, -0.2) is 11.9 Å². The van der Waals surface area contributed by atoms with Gasteiger partial charge in [0.1, 0.15) is 0 Å². The van der Waals surface area contributed by atoms with Crippen LogP contribution in [0.3, 0.4) is 0 Å². The number of hydrogen-bond donors (Lipinski definition) is 1. The second-order valence-electron chi connectivity index (χ2n) is 2.31. The molecule has 0 aromatic carbocycles. The van der Waals surface area contributed by atoms with Crippen molar-refractivity contribution in [1.82, 2.24) is 5.32 Å². The molecule has 0 spiro atoms. The van der Waals surface area contributed by atoms with Crippen LogP contribution >= 0.6 is 0 Å². The molecule has 1 fully saturated rings. The van der Waals surface area contributed by atoms with Crippen LogP contribution in [0.25, 0.3) is 0 Å². The van der Waals surface area contributed by atoms with Gasteiger partial charge in [-0.3, -0.25) is 4.79 Å². The van der Waals surface area contributed by atoms with Gasteiger partial charge in [-0.1, -0.05) is 6.92 Å². The topological polar surface area (TPSA) is 29.1 Å². The fraction of sp³-hybridized carbons (Fsp3) is 0.833. The number of rotatable bonds is 1. The lowest BCUT2D eigenvalue weighted by Crippen LogP contribution is -2.55. The number of amides is 1. The van der Waals surface area contributed by atoms with Crippen LogP contribution in [0, 0.1) is 5.92 Å². The maximum Gasteiger partial charge on any atom is 0.225 e. The molecule has 0 aromatic rings. The van der Waals surface area contributed by atoms with Crippen molar-refractivity contribution in [2.24, 2.45) is 5.92 Å². The zero-order chi connectivity index (χ0) is 6.15. The van der Waals surface area contributed by atoms with Gasteiger partial charge in [-0.15, -0.1) is 0 Å². The van der Waals surface area contributed by atoms with E-state index < -0.39 is 0 Å². The monoisotopic (exact) mass is 113 g/mol. The number of carbonyl (C=O) groups excluding carboxylic acids is 1. The highest BCUT2D eigenvalue weighted by molar-refractivity contribution is 5.85. The molecule has 2 heteroatoms. The summed E-state index contributed by atoms with van der Waals surface area (Å²) >= 11 is 0. The Morgan fingerprint density at radius 3 is 2.50 bits per heavy atom. The highest BCUT2D eigenvalue weighted by Gasteiger charge is 2.33. The van der Waals surface area contributed by atoms with E-state index in [-0.39, 0.29) is 5.91 Å². The van der Waals surface area contributed by atoms with Crippen molar-refractivity contribution in [2.45, 2.75) is 26.3 Å². The molecule has 0 saturated carbocycles. The van der Waals surface area contributed by atoms with Crippen molar-refractivity contribution in [3.05, 3.63) is 0 Å². The van der Waals surface area contributed by atoms with Crippen LogP contribution in [0.4, 0.5) is 0 Å². The van der Waals surface area contributed by atoms with Gasteiger partial charge in [0.2, 0.25) is 5.91 Å². The zero-order valence-electron chi connectivity index (χ0n) is 5.27. The first-order valence-electron chi connectivity index (χ1n) is 3.06. The predicted octanol–water partition coefficient (Wildman–Crippen LogP) is 0.531. The number of β-lactam (4-membered cyclic amide) rings is 1. The van der Waals surface area contributed by atoms with E-state index in [0.717, 1.165) is 6.42 Å². The van der Waals surface area contributed by atoms with Gasteiger partial charge in [-0.05, 0) is 13.3 Å². The van der Waals surface area contributed by atoms with Gasteiger partial charge in [-0.25, -0.2) is 0 Å². The second-order valence-corrected chi connectivity index (χ2v) is 2.31. The van der Waals surface area contributed by atoms with E-state index in [1.165, 1.54) is 0 Å². The average molecular weight is 113 g/mol. The zero-order valence-corrected chi connectivity index (χ0v) is 5.27. The molecule has 1 heterocycles. The third-order valence-corrected chi connectivity index (χ3v) is 1.75. The van der Waals surface area contributed by atoms with E-state index >= 15 is 0 Å². The Hall–Kier alpha value is -0.530. The molecule has 46 valence electrons. The summed E-state index contributed by atoms with van der Waals surface area (Å²) in [5.74, 6) is 0.523. The summed E-state index contributed by atoms with van der Waals surface area (Å²) < 4.78 is 0. The van der Waals surface area contributed by atoms with Gasteiger partial charge < -0.3 is 5.32 Å². The number of carbonyl (C=O) groups is 1. The van der Waals surface area contributed by atoms with Crippen LogP contribution in [0.5, 0.6) is 0 Å². The highest BCUT2D eigenvalue weighted by atomic mass is 16.2. The van der Waals surface area contributed by atoms with Gasteiger partial charge >= 0.3 is 0 Å². The van der Waals surface area contributed by atoms with Crippen LogP contribution in [0.2, 0.25) is 0 Å². The lowest BCUT2D eigenvalue weighted by atomic mass is 9.90. The van der Waals surface area contributed by atoms with Crippen molar-refractivity contribution >= 4 is 5.91 Å². The minimum atomic E-state index is 0.222. The molecule has 2 nitrogen and oxygen atoms in total. The summed E-state index contributed by atoms with van der Waals surface area (Å²) in [5.41, 5.74) is 0. The Kier molecular flexibility index (Phi) is 1.24. The summed E-state index contributed by atoms with van der Waals surface area (Å²) in [6, 6.07) is 0.424. The molecule has 0 aromatic heterocycles. The van der Waals surface area contributed by atoms with Crippen LogP contribution in [0.1, 0.15) is 20.3 Å². The minimum absolute atomic E-state index is 0.222. The first-order valence-corrected chi connectivity index (χ1v) is 3.06. The van der Waals surface area contributed by atoms with Crippen molar-refractivity contribution in [2.75, 3.05) is 0 Å². The Bertz CT molecular complexity index is 111. The first-order chi connectivity index (χ1) is 3.75. The van der Waals surface area contributed by atoms with Gasteiger partial charge in [0.05, 0.1) is 5.92 Å². The molecule has 8 heavy (non-hydrogen) atoms. The molecule has 1 rings (SSSR count). The first kappa shape index (κ1) is 5.60. The van der Waals surface area contributed by atoms with E-state index in [4.69, 9.17) is 0 Å². The maximum atomic E-state index is 10.6. The molecule has 1 aliphatic rings. The quantitative estimate of drug-likeness (QED) is 0.494. The lowest BCUT2D eigenvalue weighted by molar-refractivity contribution is -0.134.